The highest BCUT2D eigenvalue weighted by Gasteiger charge is 2.28. The van der Waals surface area contributed by atoms with Crippen LogP contribution in [0.3, 0.4) is 0 Å². The lowest BCUT2D eigenvalue weighted by atomic mass is 10.1. The Labute approximate surface area is 128 Å². The molecular weight excluding hydrogens is 321 g/mol. The smallest absolute Gasteiger partial charge is 0.405 e. The van der Waals surface area contributed by atoms with Crippen molar-refractivity contribution >= 4 is 17.9 Å². The molecule has 0 spiro atoms. The number of aliphatic hydroxyl groups excluding tert-OH is 1. The summed E-state index contributed by atoms with van der Waals surface area (Å²) < 4.78 is 40.1. The first-order valence-electron chi connectivity index (χ1n) is 6.22. The van der Waals surface area contributed by atoms with Crippen LogP contribution in [0.5, 0.6) is 0 Å². The van der Waals surface area contributed by atoms with Gasteiger partial charge in [0.15, 0.2) is 6.61 Å². The van der Waals surface area contributed by atoms with Crippen molar-refractivity contribution < 1.29 is 37.4 Å². The molecule has 1 aromatic rings. The molecule has 23 heavy (non-hydrogen) atoms. The van der Waals surface area contributed by atoms with Crippen LogP contribution in [0.4, 0.5) is 18.0 Å². The van der Waals surface area contributed by atoms with Crippen molar-refractivity contribution in [1.29, 1.82) is 0 Å². The molecule has 3 amide bonds. The second-order valence-corrected chi connectivity index (χ2v) is 4.28. The quantitative estimate of drug-likeness (QED) is 0.689. The highest BCUT2D eigenvalue weighted by atomic mass is 19.4. The predicted octanol–water partition coefficient (Wildman–Crippen LogP) is 0.724. The summed E-state index contributed by atoms with van der Waals surface area (Å²) in [7, 11) is 0. The van der Waals surface area contributed by atoms with Crippen molar-refractivity contribution in [2.24, 2.45) is 0 Å². The average Bonchev–Trinajstić information content (AvgIpc) is 2.50. The SMILES string of the molecule is O=C(COC(=O)c1ccc(CO)cc1)NC(=O)NCC(F)(F)F. The van der Waals surface area contributed by atoms with Gasteiger partial charge in [-0.1, -0.05) is 12.1 Å². The third-order valence-electron chi connectivity index (χ3n) is 2.41. The zero-order valence-electron chi connectivity index (χ0n) is 11.6. The number of urea groups is 1. The summed E-state index contributed by atoms with van der Waals surface area (Å²) in [4.78, 5) is 33.8. The molecule has 0 aliphatic carbocycles. The number of hydrogen-bond acceptors (Lipinski definition) is 5. The fourth-order valence-corrected chi connectivity index (χ4v) is 1.35. The van der Waals surface area contributed by atoms with Crippen LogP contribution in [-0.4, -0.2) is 42.3 Å². The van der Waals surface area contributed by atoms with Crippen molar-refractivity contribution in [3.8, 4) is 0 Å². The Kier molecular flexibility index (Phi) is 6.51. The maximum Gasteiger partial charge on any atom is 0.405 e. The molecule has 0 saturated heterocycles. The van der Waals surface area contributed by atoms with Crippen LogP contribution in [0.1, 0.15) is 15.9 Å². The molecule has 0 bridgehead atoms. The average molecular weight is 334 g/mol. The molecule has 0 atom stereocenters. The second-order valence-electron chi connectivity index (χ2n) is 4.28. The zero-order chi connectivity index (χ0) is 17.5. The fraction of sp³-hybridized carbons (Fsp3) is 0.308. The van der Waals surface area contributed by atoms with Gasteiger partial charge in [-0.3, -0.25) is 10.1 Å². The van der Waals surface area contributed by atoms with Crippen LogP contribution in [0.2, 0.25) is 0 Å². The van der Waals surface area contributed by atoms with Gasteiger partial charge in [0.05, 0.1) is 12.2 Å². The summed E-state index contributed by atoms with van der Waals surface area (Å²) in [6, 6.07) is 4.32. The molecule has 0 fully saturated rings. The van der Waals surface area contributed by atoms with E-state index in [2.05, 4.69) is 4.74 Å². The third-order valence-corrected chi connectivity index (χ3v) is 2.41. The summed E-state index contributed by atoms with van der Waals surface area (Å²) in [5, 5.41) is 11.8. The Morgan fingerprint density at radius 1 is 1.13 bits per heavy atom. The van der Waals surface area contributed by atoms with Gasteiger partial charge in [0.25, 0.3) is 5.91 Å². The maximum absolute atomic E-state index is 11.8. The first-order valence-corrected chi connectivity index (χ1v) is 6.22. The van der Waals surface area contributed by atoms with Crippen molar-refractivity contribution in [3.05, 3.63) is 35.4 Å². The molecule has 7 nitrogen and oxygen atoms in total. The molecule has 0 aromatic heterocycles. The number of benzene rings is 1. The third kappa shape index (κ3) is 7.27. The summed E-state index contributed by atoms with van der Waals surface area (Å²) in [6.45, 7) is -2.63. The molecule has 0 unspecified atom stereocenters. The molecule has 1 rings (SSSR count). The number of nitrogens with one attached hydrogen (secondary N) is 2. The Morgan fingerprint density at radius 3 is 2.26 bits per heavy atom. The van der Waals surface area contributed by atoms with Crippen LogP contribution >= 0.6 is 0 Å². The lowest BCUT2D eigenvalue weighted by Gasteiger charge is -2.09. The number of aliphatic hydroxyl groups is 1. The number of hydrogen-bond donors (Lipinski definition) is 3. The van der Waals surface area contributed by atoms with Gasteiger partial charge in [-0.2, -0.15) is 13.2 Å². The van der Waals surface area contributed by atoms with Crippen molar-refractivity contribution in [1.82, 2.24) is 10.6 Å². The fourth-order valence-electron chi connectivity index (χ4n) is 1.35. The lowest BCUT2D eigenvalue weighted by Crippen LogP contribution is -2.44. The first kappa shape index (κ1) is 18.4. The molecule has 3 N–H and O–H groups in total. The normalized spacial score (nSPS) is 10.8. The number of carbonyl (C=O) groups is 3. The minimum atomic E-state index is -4.60. The van der Waals surface area contributed by atoms with Crippen molar-refractivity contribution in [3.63, 3.8) is 0 Å². The van der Waals surface area contributed by atoms with Gasteiger partial charge in [-0.15, -0.1) is 0 Å². The van der Waals surface area contributed by atoms with Gasteiger partial charge in [-0.25, -0.2) is 9.59 Å². The van der Waals surface area contributed by atoms with Gasteiger partial charge in [-0.05, 0) is 17.7 Å². The van der Waals surface area contributed by atoms with E-state index in [1.54, 1.807) is 5.32 Å². The number of esters is 1. The van der Waals surface area contributed by atoms with Crippen molar-refractivity contribution in [2.45, 2.75) is 12.8 Å². The van der Waals surface area contributed by atoms with E-state index in [1.807, 2.05) is 0 Å². The molecule has 0 heterocycles. The van der Waals surface area contributed by atoms with E-state index in [1.165, 1.54) is 29.6 Å². The minimum absolute atomic E-state index is 0.108. The summed E-state index contributed by atoms with van der Waals surface area (Å²) in [5.74, 6) is -1.94. The van der Waals surface area contributed by atoms with Gasteiger partial charge in [0.1, 0.15) is 6.54 Å². The lowest BCUT2D eigenvalue weighted by molar-refractivity contribution is -0.125. The maximum atomic E-state index is 11.8. The van der Waals surface area contributed by atoms with Gasteiger partial charge < -0.3 is 15.2 Å². The Balaban J connectivity index is 2.37. The van der Waals surface area contributed by atoms with Crippen LogP contribution in [-0.2, 0) is 16.1 Å². The number of carbonyl (C=O) groups excluding carboxylic acids is 3. The van der Waals surface area contributed by atoms with Crippen LogP contribution in [0.25, 0.3) is 0 Å². The predicted molar refractivity (Wildman–Crippen MR) is 70.2 cm³/mol. The van der Waals surface area contributed by atoms with E-state index in [9.17, 15) is 27.6 Å². The Hall–Kier alpha value is -2.62. The van der Waals surface area contributed by atoms with E-state index in [0.717, 1.165) is 0 Å². The number of alkyl halides is 3. The number of rotatable bonds is 5. The Morgan fingerprint density at radius 2 is 1.74 bits per heavy atom. The molecule has 10 heteroatoms. The highest BCUT2D eigenvalue weighted by Crippen LogP contribution is 2.11. The number of imide groups is 1. The summed E-state index contributed by atoms with van der Waals surface area (Å²) in [6.07, 6.45) is -4.60. The summed E-state index contributed by atoms with van der Waals surface area (Å²) in [5.41, 5.74) is 0.678. The van der Waals surface area contributed by atoms with E-state index in [-0.39, 0.29) is 12.2 Å². The van der Waals surface area contributed by atoms with Gasteiger partial charge in [0.2, 0.25) is 0 Å². The molecule has 0 aliphatic rings. The number of amides is 3. The molecular formula is C13H13F3N2O5. The molecule has 0 saturated carbocycles. The van der Waals surface area contributed by atoms with E-state index < -0.39 is 37.2 Å². The highest BCUT2D eigenvalue weighted by molar-refractivity contribution is 5.97. The largest absolute Gasteiger partial charge is 0.452 e. The molecule has 0 aliphatic heterocycles. The van der Waals surface area contributed by atoms with E-state index >= 15 is 0 Å². The second kappa shape index (κ2) is 8.13. The molecule has 126 valence electrons. The topological polar surface area (TPSA) is 105 Å². The summed E-state index contributed by atoms with van der Waals surface area (Å²) >= 11 is 0. The van der Waals surface area contributed by atoms with E-state index in [0.29, 0.717) is 5.56 Å². The van der Waals surface area contributed by atoms with Crippen LogP contribution in [0, 0.1) is 0 Å². The number of ether oxygens (including phenoxy) is 1. The minimum Gasteiger partial charge on any atom is -0.452 e. The molecule has 0 radical (unpaired) electrons. The molecule has 1 aromatic carbocycles. The first-order chi connectivity index (χ1) is 10.7. The standard InChI is InChI=1S/C13H13F3N2O5/c14-13(15,16)7-17-12(22)18-10(20)6-23-11(21)9-3-1-8(5-19)2-4-9/h1-4,19H,5-7H2,(H2,17,18,20,22). The van der Waals surface area contributed by atoms with Gasteiger partial charge in [0, 0.05) is 0 Å². The zero-order valence-corrected chi connectivity index (χ0v) is 11.6. The monoisotopic (exact) mass is 334 g/mol. The van der Waals surface area contributed by atoms with Gasteiger partial charge >= 0.3 is 18.2 Å². The van der Waals surface area contributed by atoms with Crippen LogP contribution < -0.4 is 10.6 Å². The van der Waals surface area contributed by atoms with Crippen LogP contribution in [0.15, 0.2) is 24.3 Å². The Bertz CT molecular complexity index is 572. The van der Waals surface area contributed by atoms with E-state index in [4.69, 9.17) is 5.11 Å². The number of halogens is 3. The van der Waals surface area contributed by atoms with Crippen molar-refractivity contribution in [2.75, 3.05) is 13.2 Å².